The van der Waals surface area contributed by atoms with Crippen LogP contribution in [0.4, 0.5) is 11.4 Å². The summed E-state index contributed by atoms with van der Waals surface area (Å²) in [6.45, 7) is 2.79. The van der Waals surface area contributed by atoms with Crippen molar-refractivity contribution in [3.63, 3.8) is 0 Å². The van der Waals surface area contributed by atoms with Crippen molar-refractivity contribution in [3.05, 3.63) is 53.6 Å². The van der Waals surface area contributed by atoms with E-state index in [1.165, 1.54) is 38.1 Å². The van der Waals surface area contributed by atoms with E-state index in [1.54, 1.807) is 24.3 Å². The molecule has 9 heteroatoms. The summed E-state index contributed by atoms with van der Waals surface area (Å²) in [4.78, 5) is 23.1. The van der Waals surface area contributed by atoms with Gasteiger partial charge in [0.15, 0.2) is 0 Å². The summed E-state index contributed by atoms with van der Waals surface area (Å²) < 4.78 is 27.1. The summed E-state index contributed by atoms with van der Waals surface area (Å²) in [5, 5.41) is 5.67. The molecule has 0 saturated heterocycles. The van der Waals surface area contributed by atoms with E-state index < -0.39 is 22.0 Å². The lowest BCUT2D eigenvalue weighted by molar-refractivity contribution is -0.117. The Hall–Kier alpha value is -2.42. The van der Waals surface area contributed by atoms with Gasteiger partial charge in [0.05, 0.1) is 10.9 Å². The molecule has 0 aliphatic heterocycles. The van der Waals surface area contributed by atoms with Crippen LogP contribution in [0.25, 0.3) is 0 Å². The Morgan fingerprint density at radius 1 is 0.923 bits per heavy atom. The highest BCUT2D eigenvalue weighted by Crippen LogP contribution is 2.16. The maximum absolute atomic E-state index is 12.4. The number of sulfonamides is 1. The van der Waals surface area contributed by atoms with Gasteiger partial charge in [0.25, 0.3) is 0 Å². The number of carbonyl (C=O) groups excluding carboxylic acids is 2. The van der Waals surface area contributed by atoms with Crippen LogP contribution in [0.2, 0.25) is 5.02 Å². The molecule has 138 valence electrons. The molecule has 7 nitrogen and oxygen atoms in total. The average Bonchev–Trinajstić information content (AvgIpc) is 2.56. The van der Waals surface area contributed by atoms with Gasteiger partial charge in [-0.1, -0.05) is 11.6 Å². The van der Waals surface area contributed by atoms with Gasteiger partial charge >= 0.3 is 0 Å². The predicted octanol–water partition coefficient (Wildman–Crippen LogP) is 2.60. The SMILES string of the molecule is CC(=O)Nc1ccc(S(=O)(=O)N[C@H](C)C(=O)Nc2ccc(Cl)cc2)cc1. The number of hydrogen-bond acceptors (Lipinski definition) is 4. The van der Waals surface area contributed by atoms with Crippen LogP contribution in [-0.4, -0.2) is 26.3 Å². The van der Waals surface area contributed by atoms with Gasteiger partial charge in [-0.2, -0.15) is 4.72 Å². The molecule has 26 heavy (non-hydrogen) atoms. The lowest BCUT2D eigenvalue weighted by atomic mass is 10.3. The number of benzene rings is 2. The summed E-state index contributed by atoms with van der Waals surface area (Å²) in [5.74, 6) is -0.767. The molecule has 0 saturated carbocycles. The van der Waals surface area contributed by atoms with E-state index >= 15 is 0 Å². The first kappa shape index (κ1) is 19.9. The number of nitrogens with one attached hydrogen (secondary N) is 3. The van der Waals surface area contributed by atoms with E-state index in [1.807, 2.05) is 0 Å². The van der Waals surface area contributed by atoms with Gasteiger partial charge in [0.2, 0.25) is 21.8 Å². The number of rotatable bonds is 6. The predicted molar refractivity (Wildman–Crippen MR) is 101 cm³/mol. The molecule has 3 N–H and O–H groups in total. The van der Waals surface area contributed by atoms with E-state index in [4.69, 9.17) is 11.6 Å². The van der Waals surface area contributed by atoms with Crippen LogP contribution in [0.1, 0.15) is 13.8 Å². The number of amides is 2. The highest BCUT2D eigenvalue weighted by Gasteiger charge is 2.22. The van der Waals surface area contributed by atoms with E-state index in [0.29, 0.717) is 16.4 Å². The van der Waals surface area contributed by atoms with Crippen LogP contribution in [0.5, 0.6) is 0 Å². The van der Waals surface area contributed by atoms with Crippen LogP contribution in [0.3, 0.4) is 0 Å². The minimum atomic E-state index is -3.89. The molecule has 2 aromatic rings. The largest absolute Gasteiger partial charge is 0.326 e. The fraction of sp³-hybridized carbons (Fsp3) is 0.176. The molecule has 0 radical (unpaired) electrons. The van der Waals surface area contributed by atoms with Gasteiger partial charge in [0.1, 0.15) is 0 Å². The molecule has 0 aliphatic carbocycles. The van der Waals surface area contributed by atoms with Crippen molar-refractivity contribution in [2.45, 2.75) is 24.8 Å². The van der Waals surface area contributed by atoms with Crippen molar-refractivity contribution >= 4 is 44.8 Å². The average molecular weight is 396 g/mol. The first-order chi connectivity index (χ1) is 12.2. The first-order valence-electron chi connectivity index (χ1n) is 7.64. The maximum atomic E-state index is 12.4. The zero-order valence-corrected chi connectivity index (χ0v) is 15.7. The normalized spacial score (nSPS) is 12.3. The van der Waals surface area contributed by atoms with E-state index in [9.17, 15) is 18.0 Å². The Morgan fingerprint density at radius 3 is 1.96 bits per heavy atom. The molecular weight excluding hydrogens is 378 g/mol. The third-order valence-electron chi connectivity index (χ3n) is 3.32. The first-order valence-corrected chi connectivity index (χ1v) is 9.50. The molecule has 2 rings (SSSR count). The second-order valence-corrected chi connectivity index (χ2v) is 7.70. The zero-order chi connectivity index (χ0) is 19.3. The Balaban J connectivity index is 2.03. The fourth-order valence-electron chi connectivity index (χ4n) is 2.06. The molecule has 2 aromatic carbocycles. The van der Waals surface area contributed by atoms with Crippen LogP contribution in [0, 0.1) is 0 Å². The second kappa shape index (κ2) is 8.31. The third kappa shape index (κ3) is 5.55. The number of halogens is 1. The summed E-state index contributed by atoms with van der Waals surface area (Å²) in [6, 6.07) is 11.1. The summed E-state index contributed by atoms with van der Waals surface area (Å²) in [6.07, 6.45) is 0. The molecule has 0 spiro atoms. The summed E-state index contributed by atoms with van der Waals surface area (Å²) >= 11 is 5.78. The molecular formula is C17H18ClN3O4S. The van der Waals surface area contributed by atoms with Gasteiger partial charge in [-0.25, -0.2) is 8.42 Å². The Morgan fingerprint density at radius 2 is 1.42 bits per heavy atom. The number of hydrogen-bond donors (Lipinski definition) is 3. The van der Waals surface area contributed by atoms with Gasteiger partial charge in [0, 0.05) is 23.3 Å². The van der Waals surface area contributed by atoms with Crippen LogP contribution < -0.4 is 15.4 Å². The molecule has 0 aromatic heterocycles. The summed E-state index contributed by atoms with van der Waals surface area (Å²) in [7, 11) is -3.89. The minimum Gasteiger partial charge on any atom is -0.326 e. The molecule has 1 atom stereocenters. The van der Waals surface area contributed by atoms with Crippen LogP contribution >= 0.6 is 11.6 Å². The molecule has 0 aliphatic rings. The standard InChI is InChI=1S/C17H18ClN3O4S/c1-11(17(23)20-15-5-3-13(18)4-6-15)21-26(24,25)16-9-7-14(8-10-16)19-12(2)22/h3-11,21H,1-2H3,(H,19,22)(H,20,23)/t11-/m1/s1. The Kier molecular flexibility index (Phi) is 6.36. The van der Waals surface area contributed by atoms with Gasteiger partial charge < -0.3 is 10.6 Å². The quantitative estimate of drug-likeness (QED) is 0.699. The Labute approximate surface area is 156 Å². The second-order valence-electron chi connectivity index (χ2n) is 5.54. The van der Waals surface area contributed by atoms with Crippen molar-refractivity contribution in [1.29, 1.82) is 0 Å². The lowest BCUT2D eigenvalue weighted by Crippen LogP contribution is -2.41. The minimum absolute atomic E-state index is 0.0160. The zero-order valence-electron chi connectivity index (χ0n) is 14.1. The maximum Gasteiger partial charge on any atom is 0.242 e. The fourth-order valence-corrected chi connectivity index (χ4v) is 3.39. The number of carbonyl (C=O) groups is 2. The number of anilines is 2. The van der Waals surface area contributed by atoms with Crippen molar-refractivity contribution in [3.8, 4) is 0 Å². The monoisotopic (exact) mass is 395 g/mol. The van der Waals surface area contributed by atoms with E-state index in [-0.39, 0.29) is 10.8 Å². The lowest BCUT2D eigenvalue weighted by Gasteiger charge is -2.15. The summed E-state index contributed by atoms with van der Waals surface area (Å²) in [5.41, 5.74) is 0.982. The highest BCUT2D eigenvalue weighted by atomic mass is 35.5. The van der Waals surface area contributed by atoms with Crippen LogP contribution in [-0.2, 0) is 19.6 Å². The topological polar surface area (TPSA) is 104 Å². The van der Waals surface area contributed by atoms with Crippen molar-refractivity contribution < 1.29 is 18.0 Å². The van der Waals surface area contributed by atoms with E-state index in [0.717, 1.165) is 0 Å². The van der Waals surface area contributed by atoms with Crippen molar-refractivity contribution in [2.24, 2.45) is 0 Å². The highest BCUT2D eigenvalue weighted by molar-refractivity contribution is 7.89. The van der Waals surface area contributed by atoms with E-state index in [2.05, 4.69) is 15.4 Å². The van der Waals surface area contributed by atoms with Crippen molar-refractivity contribution in [2.75, 3.05) is 10.6 Å². The Bertz CT molecular complexity index is 897. The molecule has 0 bridgehead atoms. The molecule has 2 amide bonds. The van der Waals surface area contributed by atoms with Gasteiger partial charge in [-0.3, -0.25) is 9.59 Å². The molecule has 0 heterocycles. The smallest absolute Gasteiger partial charge is 0.242 e. The van der Waals surface area contributed by atoms with Crippen molar-refractivity contribution in [1.82, 2.24) is 4.72 Å². The van der Waals surface area contributed by atoms with Gasteiger partial charge in [-0.05, 0) is 55.5 Å². The molecule has 0 unspecified atom stereocenters. The van der Waals surface area contributed by atoms with Crippen LogP contribution in [0.15, 0.2) is 53.4 Å². The third-order valence-corrected chi connectivity index (χ3v) is 5.13. The molecule has 0 fully saturated rings. The van der Waals surface area contributed by atoms with Gasteiger partial charge in [-0.15, -0.1) is 0 Å².